The number of hydrogen-bond donors (Lipinski definition) is 1. The van der Waals surface area contributed by atoms with Crippen molar-refractivity contribution in [2.45, 2.75) is 25.3 Å². The van der Waals surface area contributed by atoms with Crippen molar-refractivity contribution in [1.29, 1.82) is 0 Å². The largest absolute Gasteiger partial charge is 0.480 e. The third-order valence-electron chi connectivity index (χ3n) is 3.03. The third-order valence-corrected chi connectivity index (χ3v) is 3.29. The van der Waals surface area contributed by atoms with Crippen molar-refractivity contribution >= 4 is 29.4 Å². The van der Waals surface area contributed by atoms with Crippen LogP contribution in [0.25, 0.3) is 0 Å². The first kappa shape index (κ1) is 13.5. The standard InChI is InChI=1S/C13H12ClNO4/c14-9-3-1-8(2-4-9)7-12(17)15-10(13(18)19)5-6-11(15)16/h1-4,10H,5-7H2,(H,18,19). The molecule has 6 heteroatoms. The number of aliphatic carboxylic acids is 1. The van der Waals surface area contributed by atoms with Crippen LogP contribution in [0.1, 0.15) is 18.4 Å². The minimum absolute atomic E-state index is 0.00725. The second-order valence-electron chi connectivity index (χ2n) is 4.35. The van der Waals surface area contributed by atoms with Crippen LogP contribution in [0.5, 0.6) is 0 Å². The van der Waals surface area contributed by atoms with Gasteiger partial charge in [-0.05, 0) is 24.1 Å². The lowest BCUT2D eigenvalue weighted by Gasteiger charge is -2.19. The van der Waals surface area contributed by atoms with E-state index in [4.69, 9.17) is 16.7 Å². The van der Waals surface area contributed by atoms with Gasteiger partial charge in [-0.1, -0.05) is 23.7 Å². The van der Waals surface area contributed by atoms with Gasteiger partial charge >= 0.3 is 5.97 Å². The Kier molecular flexibility index (Phi) is 3.85. The van der Waals surface area contributed by atoms with Crippen molar-refractivity contribution in [1.82, 2.24) is 4.90 Å². The van der Waals surface area contributed by atoms with E-state index in [-0.39, 0.29) is 19.3 Å². The first-order valence-corrected chi connectivity index (χ1v) is 6.19. The van der Waals surface area contributed by atoms with Gasteiger partial charge in [0.25, 0.3) is 0 Å². The molecular formula is C13H12ClNO4. The Labute approximate surface area is 114 Å². The molecule has 0 aromatic heterocycles. The van der Waals surface area contributed by atoms with Gasteiger partial charge in [0, 0.05) is 11.4 Å². The molecule has 1 aliphatic rings. The Morgan fingerprint density at radius 3 is 2.53 bits per heavy atom. The van der Waals surface area contributed by atoms with Crippen molar-refractivity contribution in [3.63, 3.8) is 0 Å². The number of benzene rings is 1. The number of carboxylic acid groups (broad SMARTS) is 1. The quantitative estimate of drug-likeness (QED) is 0.911. The number of likely N-dealkylation sites (tertiary alicyclic amines) is 1. The molecule has 1 aromatic rings. The summed E-state index contributed by atoms with van der Waals surface area (Å²) in [5.41, 5.74) is 0.693. The minimum atomic E-state index is -1.14. The fourth-order valence-electron chi connectivity index (χ4n) is 2.09. The maximum absolute atomic E-state index is 12.0. The summed E-state index contributed by atoms with van der Waals surface area (Å²) < 4.78 is 0. The monoisotopic (exact) mass is 281 g/mol. The highest BCUT2D eigenvalue weighted by Crippen LogP contribution is 2.20. The van der Waals surface area contributed by atoms with Gasteiger partial charge in [0.2, 0.25) is 11.8 Å². The van der Waals surface area contributed by atoms with Gasteiger partial charge in [-0.2, -0.15) is 0 Å². The van der Waals surface area contributed by atoms with Crippen LogP contribution in [0.15, 0.2) is 24.3 Å². The molecule has 1 unspecified atom stereocenters. The lowest BCUT2D eigenvalue weighted by Crippen LogP contribution is -2.43. The van der Waals surface area contributed by atoms with E-state index < -0.39 is 23.8 Å². The van der Waals surface area contributed by atoms with E-state index >= 15 is 0 Å². The molecule has 5 nitrogen and oxygen atoms in total. The first-order valence-electron chi connectivity index (χ1n) is 5.81. The number of hydrogen-bond acceptors (Lipinski definition) is 3. The molecule has 100 valence electrons. The number of halogens is 1. The average molecular weight is 282 g/mol. The lowest BCUT2D eigenvalue weighted by molar-refractivity contribution is -0.153. The van der Waals surface area contributed by atoms with E-state index in [0.717, 1.165) is 4.90 Å². The molecule has 0 saturated carbocycles. The van der Waals surface area contributed by atoms with Gasteiger partial charge in [-0.15, -0.1) is 0 Å². The number of carbonyl (C=O) groups excluding carboxylic acids is 2. The van der Waals surface area contributed by atoms with Crippen molar-refractivity contribution in [2.24, 2.45) is 0 Å². The zero-order valence-corrected chi connectivity index (χ0v) is 10.8. The number of carboxylic acids is 1. The van der Waals surface area contributed by atoms with Crippen molar-refractivity contribution in [3.8, 4) is 0 Å². The van der Waals surface area contributed by atoms with Gasteiger partial charge in [0.05, 0.1) is 6.42 Å². The molecule has 0 spiro atoms. The molecule has 0 aliphatic carbocycles. The summed E-state index contributed by atoms with van der Waals surface area (Å²) in [5, 5.41) is 9.54. The Morgan fingerprint density at radius 1 is 1.32 bits per heavy atom. The maximum Gasteiger partial charge on any atom is 0.326 e. The Morgan fingerprint density at radius 2 is 1.95 bits per heavy atom. The summed E-state index contributed by atoms with van der Waals surface area (Å²) in [4.78, 5) is 35.5. The van der Waals surface area contributed by atoms with Gasteiger partial charge in [-0.25, -0.2) is 4.79 Å². The molecule has 1 heterocycles. The smallest absolute Gasteiger partial charge is 0.326 e. The van der Waals surface area contributed by atoms with E-state index in [1.165, 1.54) is 0 Å². The van der Waals surface area contributed by atoms with E-state index in [1.54, 1.807) is 24.3 Å². The van der Waals surface area contributed by atoms with E-state index in [2.05, 4.69) is 0 Å². The predicted molar refractivity (Wildman–Crippen MR) is 67.7 cm³/mol. The maximum atomic E-state index is 12.0. The summed E-state index contributed by atoms with van der Waals surface area (Å²) in [6.07, 6.45) is 0.274. The Balaban J connectivity index is 2.12. The number of imide groups is 1. The predicted octanol–water partition coefficient (Wildman–Crippen LogP) is 1.48. The number of amides is 2. The molecule has 1 N–H and O–H groups in total. The van der Waals surface area contributed by atoms with Crippen LogP contribution in [-0.4, -0.2) is 33.8 Å². The van der Waals surface area contributed by atoms with Crippen molar-refractivity contribution in [3.05, 3.63) is 34.9 Å². The summed E-state index contributed by atoms with van der Waals surface area (Å²) in [7, 11) is 0. The van der Waals surface area contributed by atoms with Crippen LogP contribution in [0.3, 0.4) is 0 Å². The Bertz CT molecular complexity index is 526. The molecule has 0 radical (unpaired) electrons. The third kappa shape index (κ3) is 2.93. The van der Waals surface area contributed by atoms with Crippen LogP contribution in [0.2, 0.25) is 5.02 Å². The van der Waals surface area contributed by atoms with Gasteiger partial charge in [-0.3, -0.25) is 14.5 Å². The zero-order chi connectivity index (χ0) is 14.0. The van der Waals surface area contributed by atoms with Crippen LogP contribution in [0.4, 0.5) is 0 Å². The van der Waals surface area contributed by atoms with Gasteiger partial charge < -0.3 is 5.11 Å². The SMILES string of the molecule is O=C(O)C1CCC(=O)N1C(=O)Cc1ccc(Cl)cc1. The van der Waals surface area contributed by atoms with Crippen molar-refractivity contribution in [2.75, 3.05) is 0 Å². The molecule has 1 aliphatic heterocycles. The number of rotatable bonds is 3. The molecule has 0 bridgehead atoms. The summed E-state index contributed by atoms with van der Waals surface area (Å²) >= 11 is 5.74. The highest BCUT2D eigenvalue weighted by molar-refractivity contribution is 6.30. The average Bonchev–Trinajstić information content (AvgIpc) is 2.74. The van der Waals surface area contributed by atoms with E-state index in [0.29, 0.717) is 10.6 Å². The van der Waals surface area contributed by atoms with Crippen molar-refractivity contribution < 1.29 is 19.5 Å². The molecule has 1 aromatic carbocycles. The van der Waals surface area contributed by atoms with Crippen LogP contribution < -0.4 is 0 Å². The molecule has 1 fully saturated rings. The van der Waals surface area contributed by atoms with E-state index in [9.17, 15) is 14.4 Å². The molecular weight excluding hydrogens is 270 g/mol. The minimum Gasteiger partial charge on any atom is -0.480 e. The number of carbonyl (C=O) groups is 3. The molecule has 1 atom stereocenters. The van der Waals surface area contributed by atoms with E-state index in [1.807, 2.05) is 0 Å². The fourth-order valence-corrected chi connectivity index (χ4v) is 2.22. The van der Waals surface area contributed by atoms with Crippen LogP contribution in [-0.2, 0) is 20.8 Å². The van der Waals surface area contributed by atoms with Crippen LogP contribution in [0, 0.1) is 0 Å². The summed E-state index contributed by atoms with van der Waals surface area (Å²) in [6.45, 7) is 0. The second kappa shape index (κ2) is 5.40. The molecule has 1 saturated heterocycles. The molecule has 2 rings (SSSR count). The second-order valence-corrected chi connectivity index (χ2v) is 4.79. The molecule has 19 heavy (non-hydrogen) atoms. The lowest BCUT2D eigenvalue weighted by atomic mass is 10.1. The highest BCUT2D eigenvalue weighted by atomic mass is 35.5. The summed E-state index contributed by atoms with van der Waals surface area (Å²) in [6, 6.07) is 5.61. The topological polar surface area (TPSA) is 74.7 Å². The highest BCUT2D eigenvalue weighted by Gasteiger charge is 2.39. The summed E-state index contributed by atoms with van der Waals surface area (Å²) in [5.74, 6) is -2.06. The normalized spacial score (nSPS) is 18.7. The fraction of sp³-hybridized carbons (Fsp3) is 0.308. The van der Waals surface area contributed by atoms with Gasteiger partial charge in [0.15, 0.2) is 0 Å². The first-order chi connectivity index (χ1) is 8.99. The number of nitrogens with zero attached hydrogens (tertiary/aromatic N) is 1. The Hall–Kier alpha value is -1.88. The van der Waals surface area contributed by atoms with Gasteiger partial charge in [0.1, 0.15) is 6.04 Å². The van der Waals surface area contributed by atoms with Crippen LogP contribution >= 0.6 is 11.6 Å². The zero-order valence-electron chi connectivity index (χ0n) is 10.0. The molecule has 2 amide bonds.